The monoisotopic (exact) mass is 284 g/mol. The summed E-state index contributed by atoms with van der Waals surface area (Å²) in [5.41, 5.74) is 0.343. The average molecular weight is 284 g/mol. The fourth-order valence-corrected chi connectivity index (χ4v) is 3.12. The molecule has 0 bridgehead atoms. The van der Waals surface area contributed by atoms with Gasteiger partial charge in [-0.15, -0.1) is 0 Å². The Morgan fingerprint density at radius 3 is 1.86 bits per heavy atom. The molecule has 0 aliphatic carbocycles. The summed E-state index contributed by atoms with van der Waals surface area (Å²) in [5, 5.41) is 1.50. The van der Waals surface area contributed by atoms with Crippen LogP contribution in [0.2, 0.25) is 6.82 Å². The summed E-state index contributed by atoms with van der Waals surface area (Å²) in [5.74, 6) is 1.89. The Kier molecular flexibility index (Phi) is 13.3. The third-order valence-electron chi connectivity index (χ3n) is 4.58. The second-order valence-corrected chi connectivity index (χ2v) is 6.52. The summed E-state index contributed by atoms with van der Waals surface area (Å²) in [4.78, 5) is 0. The third kappa shape index (κ3) is 9.43. The molecule has 0 heterocycles. The first-order valence-electron chi connectivity index (χ1n) is 9.10. The van der Waals surface area contributed by atoms with Crippen LogP contribution in [-0.2, 0) is 0 Å². The van der Waals surface area contributed by atoms with Gasteiger partial charge in [-0.25, -0.2) is 0 Å². The predicted molar refractivity (Wildman–Crippen MR) is 104 cm³/mol. The molecule has 0 aromatic rings. The van der Waals surface area contributed by atoms with Crippen molar-refractivity contribution in [3.05, 3.63) is 12.6 Å². The minimum absolute atomic E-state index is 0.343. The van der Waals surface area contributed by atoms with Crippen LogP contribution < -0.4 is 0 Å². The van der Waals surface area contributed by atoms with Crippen molar-refractivity contribution in [3.8, 4) is 0 Å². The van der Waals surface area contributed by atoms with Crippen LogP contribution in [0, 0.1) is 5.41 Å². The zero-order chi connectivity index (χ0) is 16.0. The van der Waals surface area contributed by atoms with Crippen LogP contribution >= 0.6 is 0 Å². The quantitative estimate of drug-likeness (QED) is 0.318. The molecule has 0 aromatic heterocycles. The van der Waals surface area contributed by atoms with Crippen molar-refractivity contribution in [2.45, 2.75) is 91.8 Å². The SMILES string of the molecule is C=CB=BC(=BC)C(C)(CCCCCC)CCCCCC. The van der Waals surface area contributed by atoms with Gasteiger partial charge in [0.05, 0.1) is 0 Å². The molecule has 0 fully saturated rings. The van der Waals surface area contributed by atoms with E-state index in [0.717, 1.165) is 0 Å². The van der Waals surface area contributed by atoms with E-state index in [4.69, 9.17) is 0 Å². The molecule has 0 saturated carbocycles. The van der Waals surface area contributed by atoms with Crippen molar-refractivity contribution in [1.29, 1.82) is 0 Å². The van der Waals surface area contributed by atoms with Gasteiger partial charge in [0.2, 0.25) is 0 Å². The van der Waals surface area contributed by atoms with Gasteiger partial charge in [-0.3, -0.25) is 0 Å². The summed E-state index contributed by atoms with van der Waals surface area (Å²) >= 11 is 0. The second-order valence-electron chi connectivity index (χ2n) is 6.52. The van der Waals surface area contributed by atoms with Gasteiger partial charge in [0, 0.05) is 0 Å². The average Bonchev–Trinajstić information content (AvgIpc) is 2.49. The zero-order valence-electron chi connectivity index (χ0n) is 15.1. The van der Waals surface area contributed by atoms with Crippen molar-refractivity contribution >= 4 is 25.9 Å². The van der Waals surface area contributed by atoms with E-state index in [1.807, 2.05) is 5.98 Å². The summed E-state index contributed by atoms with van der Waals surface area (Å²) in [6, 6.07) is 0. The molecule has 0 spiro atoms. The van der Waals surface area contributed by atoms with Crippen molar-refractivity contribution in [1.82, 2.24) is 0 Å². The molecule has 0 aliphatic rings. The van der Waals surface area contributed by atoms with Crippen LogP contribution in [0.25, 0.3) is 0 Å². The molecular weight excluding hydrogens is 249 g/mol. The topological polar surface area (TPSA) is 0 Å². The van der Waals surface area contributed by atoms with Gasteiger partial charge in [-0.05, 0) is 0 Å². The van der Waals surface area contributed by atoms with E-state index in [0.29, 0.717) is 5.41 Å². The van der Waals surface area contributed by atoms with Gasteiger partial charge < -0.3 is 0 Å². The van der Waals surface area contributed by atoms with Gasteiger partial charge in [-0.1, -0.05) is 0 Å². The van der Waals surface area contributed by atoms with Crippen LogP contribution in [0.1, 0.15) is 85.0 Å². The van der Waals surface area contributed by atoms with Crippen molar-refractivity contribution < 1.29 is 0 Å². The summed E-state index contributed by atoms with van der Waals surface area (Å²) in [6.07, 6.45) is 13.5. The normalized spacial score (nSPS) is 11.9. The summed E-state index contributed by atoms with van der Waals surface area (Å²) in [7, 11) is 0. The second kappa shape index (κ2) is 13.5. The molecule has 0 amide bonds. The molecule has 0 aliphatic heterocycles. The van der Waals surface area contributed by atoms with Crippen molar-refractivity contribution in [2.75, 3.05) is 0 Å². The minimum atomic E-state index is 0.343. The van der Waals surface area contributed by atoms with Crippen LogP contribution in [0.5, 0.6) is 0 Å². The van der Waals surface area contributed by atoms with Crippen LogP contribution in [-0.4, -0.2) is 25.9 Å². The Balaban J connectivity index is 4.69. The molecule has 0 radical (unpaired) electrons. The van der Waals surface area contributed by atoms with E-state index in [9.17, 15) is 0 Å². The molecule has 21 heavy (non-hydrogen) atoms. The predicted octanol–water partition coefficient (Wildman–Crippen LogP) is 5.28. The fraction of sp³-hybridized carbons (Fsp3) is 0.833. The van der Waals surface area contributed by atoms with E-state index in [-0.39, 0.29) is 0 Å². The van der Waals surface area contributed by atoms with Gasteiger partial charge in [0.15, 0.2) is 0 Å². The Hall–Kier alpha value is -0.195. The molecule has 3 heteroatoms. The summed E-state index contributed by atoms with van der Waals surface area (Å²) < 4.78 is 0. The number of hydrogen-bond acceptors (Lipinski definition) is 0. The Bertz CT molecular complexity index is 306. The Morgan fingerprint density at radius 1 is 0.952 bits per heavy atom. The maximum absolute atomic E-state index is 3.81. The molecule has 0 nitrogen and oxygen atoms in total. The van der Waals surface area contributed by atoms with Crippen LogP contribution in [0.3, 0.4) is 0 Å². The van der Waals surface area contributed by atoms with Crippen LogP contribution in [0.15, 0.2) is 12.6 Å². The van der Waals surface area contributed by atoms with Gasteiger partial charge in [0.25, 0.3) is 0 Å². The molecule has 0 N–H and O–H groups in total. The van der Waals surface area contributed by atoms with E-state index < -0.39 is 0 Å². The molecular formula is C18H35B3. The molecule has 0 aromatic carbocycles. The van der Waals surface area contributed by atoms with E-state index >= 15 is 0 Å². The first-order chi connectivity index (χ1) is 10.1. The van der Waals surface area contributed by atoms with Gasteiger partial charge in [0.1, 0.15) is 0 Å². The summed E-state index contributed by atoms with van der Waals surface area (Å²) in [6.45, 7) is 19.7. The zero-order valence-corrected chi connectivity index (χ0v) is 15.1. The molecule has 0 rings (SSSR count). The molecule has 0 saturated heterocycles. The first kappa shape index (κ1) is 20.8. The number of rotatable bonds is 13. The Labute approximate surface area is 136 Å². The van der Waals surface area contributed by atoms with Gasteiger partial charge >= 0.3 is 136 Å². The third-order valence-corrected chi connectivity index (χ3v) is 4.58. The maximum atomic E-state index is 3.81. The number of hydrogen-bond donors (Lipinski definition) is 0. The van der Waals surface area contributed by atoms with E-state index in [1.54, 1.807) is 0 Å². The molecule has 116 valence electrons. The molecule has 0 unspecified atom stereocenters. The van der Waals surface area contributed by atoms with Gasteiger partial charge in [-0.2, -0.15) is 0 Å². The molecule has 0 atom stereocenters. The first-order valence-corrected chi connectivity index (χ1v) is 9.10. The van der Waals surface area contributed by atoms with E-state index in [2.05, 4.69) is 54.7 Å². The van der Waals surface area contributed by atoms with Crippen LogP contribution in [0.4, 0.5) is 0 Å². The number of unbranched alkanes of at least 4 members (excludes halogenated alkanes) is 6. The fourth-order valence-electron chi connectivity index (χ4n) is 3.12. The Morgan fingerprint density at radius 2 is 1.48 bits per heavy atom. The van der Waals surface area contributed by atoms with Crippen molar-refractivity contribution in [3.63, 3.8) is 0 Å². The standard InChI is InChI=1S/C18H35B3/c1-6-9-11-13-15-18(4,16-14-12-10-7-2)17(19-5)21-20-8-3/h8H,3,6-7,9-16H2,1-2,4-5H3. The van der Waals surface area contributed by atoms with Crippen molar-refractivity contribution in [2.24, 2.45) is 5.41 Å². The van der Waals surface area contributed by atoms with E-state index in [1.165, 1.54) is 69.6 Å².